The third-order valence-electron chi connectivity index (χ3n) is 5.94. The van der Waals surface area contributed by atoms with Crippen LogP contribution < -0.4 is 5.32 Å². The summed E-state index contributed by atoms with van der Waals surface area (Å²) in [5.41, 5.74) is 1.46. The fourth-order valence-electron chi connectivity index (χ4n) is 5.51. The van der Waals surface area contributed by atoms with Crippen LogP contribution in [0.15, 0.2) is 30.3 Å². The van der Waals surface area contributed by atoms with E-state index in [1.807, 2.05) is 18.2 Å². The van der Waals surface area contributed by atoms with Gasteiger partial charge in [0.05, 0.1) is 0 Å². The monoisotopic (exact) mass is 311 g/mol. The van der Waals surface area contributed by atoms with Gasteiger partial charge < -0.3 is 5.32 Å². The second kappa shape index (κ2) is 4.79. The van der Waals surface area contributed by atoms with E-state index in [2.05, 4.69) is 27.6 Å². The standard InChI is InChI=1S/C18H21N3S/c1-2-4-15(5-3-1)19-17-21-20-16(22-17)18-9-12-6-13(10-18)8-14(7-12)11-18/h1-5,12-14H,6-11H2,(H,19,21). The zero-order chi connectivity index (χ0) is 14.6. The Hall–Kier alpha value is -1.42. The minimum absolute atomic E-state index is 0.364. The molecular formula is C18H21N3S. The molecular weight excluding hydrogens is 290 g/mol. The van der Waals surface area contributed by atoms with Gasteiger partial charge in [-0.25, -0.2) is 0 Å². The van der Waals surface area contributed by atoms with Gasteiger partial charge in [0.1, 0.15) is 5.01 Å². The maximum atomic E-state index is 4.61. The summed E-state index contributed by atoms with van der Waals surface area (Å²) in [6.45, 7) is 0. The Kier molecular flexibility index (Phi) is 2.84. The highest BCUT2D eigenvalue weighted by Gasteiger charge is 2.53. The number of para-hydroxylation sites is 1. The molecule has 3 nitrogen and oxygen atoms in total. The second-order valence-corrected chi connectivity index (χ2v) is 8.58. The van der Waals surface area contributed by atoms with Crippen LogP contribution in [0.5, 0.6) is 0 Å². The SMILES string of the molecule is c1ccc(Nc2nnc(C34CC5CC(CC(C5)C3)C4)s2)cc1. The van der Waals surface area contributed by atoms with Crippen LogP contribution in [0.3, 0.4) is 0 Å². The van der Waals surface area contributed by atoms with Gasteiger partial charge in [-0.15, -0.1) is 10.2 Å². The lowest BCUT2D eigenvalue weighted by Crippen LogP contribution is -2.48. The Balaban J connectivity index is 1.42. The number of benzene rings is 1. The minimum Gasteiger partial charge on any atom is -0.330 e. The Morgan fingerprint density at radius 2 is 1.55 bits per heavy atom. The van der Waals surface area contributed by atoms with Crippen LogP contribution >= 0.6 is 11.3 Å². The molecule has 4 saturated carbocycles. The van der Waals surface area contributed by atoms with Gasteiger partial charge >= 0.3 is 0 Å². The molecule has 4 bridgehead atoms. The molecule has 1 aromatic heterocycles. The molecule has 4 fully saturated rings. The number of nitrogens with zero attached hydrogens (tertiary/aromatic N) is 2. The Labute approximate surface area is 135 Å². The van der Waals surface area contributed by atoms with Crippen molar-refractivity contribution >= 4 is 22.2 Å². The molecule has 2 aromatic rings. The first-order valence-corrected chi connectivity index (χ1v) is 9.27. The summed E-state index contributed by atoms with van der Waals surface area (Å²) in [5.74, 6) is 2.88. The Morgan fingerprint density at radius 3 is 2.18 bits per heavy atom. The number of nitrogens with one attached hydrogen (secondary N) is 1. The van der Waals surface area contributed by atoms with E-state index in [1.54, 1.807) is 11.3 Å². The molecule has 0 unspecified atom stereocenters. The zero-order valence-corrected chi connectivity index (χ0v) is 13.5. The van der Waals surface area contributed by atoms with Gasteiger partial charge in [-0.2, -0.15) is 0 Å². The third-order valence-corrected chi connectivity index (χ3v) is 7.03. The van der Waals surface area contributed by atoms with Crippen LogP contribution in [0.2, 0.25) is 0 Å². The van der Waals surface area contributed by atoms with Crippen LogP contribution in [0.4, 0.5) is 10.8 Å². The van der Waals surface area contributed by atoms with Crippen molar-refractivity contribution in [3.8, 4) is 0 Å². The van der Waals surface area contributed by atoms with Crippen LogP contribution in [-0.4, -0.2) is 10.2 Å². The first-order chi connectivity index (χ1) is 10.8. The van der Waals surface area contributed by atoms with Crippen LogP contribution in [0.25, 0.3) is 0 Å². The average molecular weight is 311 g/mol. The van der Waals surface area contributed by atoms with Crippen LogP contribution in [0.1, 0.15) is 43.5 Å². The van der Waals surface area contributed by atoms with Crippen LogP contribution in [-0.2, 0) is 5.41 Å². The lowest BCUT2D eigenvalue weighted by molar-refractivity contribution is -0.00555. The second-order valence-electron chi connectivity index (χ2n) is 7.60. The molecule has 1 aromatic carbocycles. The van der Waals surface area contributed by atoms with E-state index >= 15 is 0 Å². The number of hydrogen-bond acceptors (Lipinski definition) is 4. The van der Waals surface area contributed by atoms with E-state index in [1.165, 1.54) is 43.5 Å². The summed E-state index contributed by atoms with van der Waals surface area (Å²) in [4.78, 5) is 0. The predicted molar refractivity (Wildman–Crippen MR) is 89.5 cm³/mol. The Bertz CT molecular complexity index is 643. The molecule has 0 saturated heterocycles. The predicted octanol–water partition coefficient (Wildman–Crippen LogP) is 4.75. The van der Waals surface area contributed by atoms with Gasteiger partial charge in [-0.1, -0.05) is 29.5 Å². The average Bonchev–Trinajstić information content (AvgIpc) is 2.96. The van der Waals surface area contributed by atoms with Gasteiger partial charge in [-0.3, -0.25) is 0 Å². The number of hydrogen-bond donors (Lipinski definition) is 1. The van der Waals surface area contributed by atoms with Gasteiger partial charge in [0.25, 0.3) is 0 Å². The normalized spacial score (nSPS) is 35.7. The molecule has 0 amide bonds. The van der Waals surface area contributed by atoms with Crippen molar-refractivity contribution in [1.82, 2.24) is 10.2 Å². The van der Waals surface area contributed by atoms with E-state index in [-0.39, 0.29) is 0 Å². The maximum absolute atomic E-state index is 4.61. The molecule has 0 radical (unpaired) electrons. The van der Waals surface area contributed by atoms with Gasteiger partial charge in [-0.05, 0) is 68.4 Å². The summed E-state index contributed by atoms with van der Waals surface area (Å²) in [7, 11) is 0. The van der Waals surface area contributed by atoms with E-state index in [0.29, 0.717) is 5.41 Å². The summed E-state index contributed by atoms with van der Waals surface area (Å²) in [6, 6.07) is 10.3. The molecule has 4 heteroatoms. The summed E-state index contributed by atoms with van der Waals surface area (Å²) < 4.78 is 0. The van der Waals surface area contributed by atoms with Crippen LogP contribution in [0, 0.1) is 17.8 Å². The van der Waals surface area contributed by atoms with E-state index in [9.17, 15) is 0 Å². The summed E-state index contributed by atoms with van der Waals surface area (Å²) in [6.07, 6.45) is 8.52. The molecule has 4 aliphatic carbocycles. The summed E-state index contributed by atoms with van der Waals surface area (Å²) in [5, 5.41) is 14.7. The van der Waals surface area contributed by atoms with Crippen molar-refractivity contribution in [2.75, 3.05) is 5.32 Å². The number of rotatable bonds is 3. The maximum Gasteiger partial charge on any atom is 0.210 e. The zero-order valence-electron chi connectivity index (χ0n) is 12.7. The first-order valence-electron chi connectivity index (χ1n) is 8.45. The summed E-state index contributed by atoms with van der Waals surface area (Å²) >= 11 is 1.78. The molecule has 1 heterocycles. The molecule has 114 valence electrons. The van der Waals surface area contributed by atoms with Crippen molar-refractivity contribution < 1.29 is 0 Å². The van der Waals surface area contributed by atoms with Crippen molar-refractivity contribution in [3.05, 3.63) is 35.3 Å². The molecule has 0 spiro atoms. The van der Waals surface area contributed by atoms with Crippen molar-refractivity contribution in [3.63, 3.8) is 0 Å². The largest absolute Gasteiger partial charge is 0.330 e. The van der Waals surface area contributed by atoms with Crippen molar-refractivity contribution in [2.24, 2.45) is 17.8 Å². The van der Waals surface area contributed by atoms with Crippen molar-refractivity contribution in [1.29, 1.82) is 0 Å². The highest BCUT2D eigenvalue weighted by Crippen LogP contribution is 2.61. The quantitative estimate of drug-likeness (QED) is 0.889. The van der Waals surface area contributed by atoms with Gasteiger partial charge in [0, 0.05) is 11.1 Å². The van der Waals surface area contributed by atoms with Gasteiger partial charge in [0.15, 0.2) is 0 Å². The molecule has 22 heavy (non-hydrogen) atoms. The topological polar surface area (TPSA) is 37.8 Å². The van der Waals surface area contributed by atoms with Gasteiger partial charge in [0.2, 0.25) is 5.13 Å². The molecule has 6 rings (SSSR count). The smallest absolute Gasteiger partial charge is 0.210 e. The molecule has 1 N–H and O–H groups in total. The van der Waals surface area contributed by atoms with E-state index < -0.39 is 0 Å². The fourth-order valence-corrected chi connectivity index (χ4v) is 6.49. The third kappa shape index (κ3) is 2.08. The lowest BCUT2D eigenvalue weighted by atomic mass is 9.50. The first kappa shape index (κ1) is 13.1. The van der Waals surface area contributed by atoms with Crippen molar-refractivity contribution in [2.45, 2.75) is 43.9 Å². The highest BCUT2D eigenvalue weighted by atomic mass is 32.1. The highest BCUT2D eigenvalue weighted by molar-refractivity contribution is 7.15. The van der Waals surface area contributed by atoms with E-state index in [0.717, 1.165) is 28.6 Å². The molecule has 0 aliphatic heterocycles. The number of anilines is 2. The minimum atomic E-state index is 0.364. The molecule has 0 atom stereocenters. The fraction of sp³-hybridized carbons (Fsp3) is 0.556. The molecule has 4 aliphatic rings. The number of aromatic nitrogens is 2. The Morgan fingerprint density at radius 1 is 0.909 bits per heavy atom. The lowest BCUT2D eigenvalue weighted by Gasteiger charge is -2.55. The van der Waals surface area contributed by atoms with E-state index in [4.69, 9.17) is 0 Å².